The van der Waals surface area contributed by atoms with Gasteiger partial charge in [0.1, 0.15) is 0 Å². The van der Waals surface area contributed by atoms with Gasteiger partial charge in [-0.3, -0.25) is 0 Å². The van der Waals surface area contributed by atoms with Crippen molar-refractivity contribution in [3.8, 4) is 0 Å². The van der Waals surface area contributed by atoms with Crippen molar-refractivity contribution in [3.63, 3.8) is 0 Å². The predicted octanol–water partition coefficient (Wildman–Crippen LogP) is 2.05. The van der Waals surface area contributed by atoms with Crippen LogP contribution in [0.25, 0.3) is 0 Å². The summed E-state index contributed by atoms with van der Waals surface area (Å²) in [6, 6.07) is 1.93. The van der Waals surface area contributed by atoms with E-state index in [-0.39, 0.29) is 0 Å². The van der Waals surface area contributed by atoms with Gasteiger partial charge in [-0.05, 0) is 0 Å². The summed E-state index contributed by atoms with van der Waals surface area (Å²) in [5.41, 5.74) is 1.17. The van der Waals surface area contributed by atoms with Crippen molar-refractivity contribution in [3.05, 3.63) is 17.8 Å². The Kier molecular flexibility index (Phi) is 3.83. The van der Waals surface area contributed by atoms with Gasteiger partial charge in [0.15, 0.2) is 0 Å². The SMILES string of the molecule is Cc1cnc(N(C)C(=O)O)c[c]1[Sn]([CH3])([CH3])[CH3]. The molecule has 0 aliphatic carbocycles. The topological polar surface area (TPSA) is 53.4 Å². The molecule has 1 amide bonds. The van der Waals surface area contributed by atoms with Crippen molar-refractivity contribution < 1.29 is 9.90 Å². The van der Waals surface area contributed by atoms with Crippen LogP contribution in [0, 0.1) is 6.92 Å². The van der Waals surface area contributed by atoms with E-state index in [4.69, 9.17) is 5.11 Å². The summed E-state index contributed by atoms with van der Waals surface area (Å²) in [6.07, 6.45) is 0.790. The molecular weight excluding hydrogens is 311 g/mol. The van der Waals surface area contributed by atoms with Crippen LogP contribution in [0.3, 0.4) is 0 Å². The minimum atomic E-state index is -2.19. The molecule has 4 nitrogen and oxygen atoms in total. The van der Waals surface area contributed by atoms with Gasteiger partial charge < -0.3 is 0 Å². The normalized spacial score (nSPS) is 11.3. The number of pyridine rings is 1. The Labute approximate surface area is 100 Å². The molecular formula is C11H18N2O2Sn. The third kappa shape index (κ3) is 2.87. The molecule has 0 unspecified atom stereocenters. The van der Waals surface area contributed by atoms with Crippen molar-refractivity contribution in [2.75, 3.05) is 11.9 Å². The maximum atomic E-state index is 10.8. The number of hydrogen-bond donors (Lipinski definition) is 1. The van der Waals surface area contributed by atoms with E-state index in [1.807, 2.05) is 13.0 Å². The average Bonchev–Trinajstić information content (AvgIpc) is 2.15. The summed E-state index contributed by atoms with van der Waals surface area (Å²) in [6.45, 7) is 2.04. The monoisotopic (exact) mass is 330 g/mol. The summed E-state index contributed by atoms with van der Waals surface area (Å²) in [4.78, 5) is 23.1. The molecule has 0 saturated carbocycles. The minimum absolute atomic E-state index is 0.514. The molecule has 16 heavy (non-hydrogen) atoms. The van der Waals surface area contributed by atoms with Crippen molar-refractivity contribution in [1.82, 2.24) is 4.98 Å². The fourth-order valence-corrected chi connectivity index (χ4v) is 6.77. The predicted molar refractivity (Wildman–Crippen MR) is 68.4 cm³/mol. The van der Waals surface area contributed by atoms with E-state index in [1.165, 1.54) is 16.2 Å². The van der Waals surface area contributed by atoms with Gasteiger partial charge in [-0.25, -0.2) is 0 Å². The number of carboxylic acid groups (broad SMARTS) is 1. The van der Waals surface area contributed by atoms with Crippen LogP contribution in [0.15, 0.2) is 12.3 Å². The number of aryl methyl sites for hydroxylation is 1. The molecule has 1 N–H and O–H groups in total. The third-order valence-corrected chi connectivity index (χ3v) is 8.68. The van der Waals surface area contributed by atoms with Crippen molar-refractivity contribution >= 4 is 33.9 Å². The summed E-state index contributed by atoms with van der Waals surface area (Å²) < 4.78 is 1.33. The van der Waals surface area contributed by atoms with Crippen molar-refractivity contribution in [2.45, 2.75) is 21.7 Å². The number of anilines is 1. The van der Waals surface area contributed by atoms with Crippen LogP contribution in [0.1, 0.15) is 5.56 Å². The first-order valence-electron chi connectivity index (χ1n) is 5.17. The van der Waals surface area contributed by atoms with Gasteiger partial charge in [0.2, 0.25) is 0 Å². The molecule has 0 aromatic carbocycles. The van der Waals surface area contributed by atoms with E-state index < -0.39 is 24.5 Å². The van der Waals surface area contributed by atoms with Gasteiger partial charge in [-0.15, -0.1) is 0 Å². The molecule has 1 heterocycles. The molecule has 0 bridgehead atoms. The molecule has 88 valence electrons. The average molecular weight is 329 g/mol. The molecule has 0 radical (unpaired) electrons. The van der Waals surface area contributed by atoms with Crippen LogP contribution in [0.5, 0.6) is 0 Å². The molecule has 1 rings (SSSR count). The van der Waals surface area contributed by atoms with E-state index in [2.05, 4.69) is 19.8 Å². The van der Waals surface area contributed by atoms with Gasteiger partial charge in [0.05, 0.1) is 0 Å². The number of hydrogen-bond acceptors (Lipinski definition) is 2. The number of nitrogens with zero attached hydrogens (tertiary/aromatic N) is 2. The zero-order valence-electron chi connectivity index (χ0n) is 10.4. The first-order valence-corrected chi connectivity index (χ1v) is 15.2. The van der Waals surface area contributed by atoms with E-state index in [9.17, 15) is 4.79 Å². The Bertz CT molecular complexity index is 413. The van der Waals surface area contributed by atoms with Crippen LogP contribution in [-0.4, -0.2) is 41.6 Å². The second-order valence-corrected chi connectivity index (χ2v) is 19.3. The zero-order chi connectivity index (χ0) is 12.5. The molecule has 1 aromatic rings. The molecule has 0 spiro atoms. The van der Waals surface area contributed by atoms with Crippen molar-refractivity contribution in [1.29, 1.82) is 0 Å². The van der Waals surface area contributed by atoms with Crippen LogP contribution in [-0.2, 0) is 0 Å². The Morgan fingerprint density at radius 1 is 1.44 bits per heavy atom. The fraction of sp³-hybridized carbons (Fsp3) is 0.455. The first kappa shape index (κ1) is 13.3. The van der Waals surface area contributed by atoms with E-state index in [0.29, 0.717) is 5.82 Å². The Morgan fingerprint density at radius 3 is 2.44 bits per heavy atom. The second-order valence-electron chi connectivity index (χ2n) is 4.95. The van der Waals surface area contributed by atoms with Crippen LogP contribution >= 0.6 is 0 Å². The molecule has 5 heteroatoms. The summed E-state index contributed by atoms with van der Waals surface area (Å²) in [5, 5.41) is 8.90. The molecule has 0 aliphatic rings. The van der Waals surface area contributed by atoms with E-state index >= 15 is 0 Å². The van der Waals surface area contributed by atoms with E-state index in [0.717, 1.165) is 4.90 Å². The number of carbonyl (C=O) groups is 1. The molecule has 0 aliphatic heterocycles. The van der Waals surface area contributed by atoms with Gasteiger partial charge >= 0.3 is 100 Å². The van der Waals surface area contributed by atoms with Gasteiger partial charge in [0, 0.05) is 0 Å². The number of rotatable bonds is 2. The molecule has 0 atom stereocenters. The molecule has 1 aromatic heterocycles. The van der Waals surface area contributed by atoms with Crippen molar-refractivity contribution in [2.24, 2.45) is 0 Å². The van der Waals surface area contributed by atoms with E-state index in [1.54, 1.807) is 6.20 Å². The van der Waals surface area contributed by atoms with Crippen LogP contribution in [0.2, 0.25) is 14.8 Å². The summed E-state index contributed by atoms with van der Waals surface area (Å²) >= 11 is -2.19. The standard InChI is InChI=1S/C8H9N2O2.3CH3.Sn/c1-6-3-4-7(9-5-6)10(2)8(11)12;;;;/h4-5H,1-2H3,(H,11,12);3*1H3;. The Hall–Kier alpha value is -0.781. The zero-order valence-corrected chi connectivity index (χ0v) is 13.3. The van der Waals surface area contributed by atoms with Crippen LogP contribution < -0.4 is 8.48 Å². The van der Waals surface area contributed by atoms with Crippen LogP contribution in [0.4, 0.5) is 10.6 Å². The van der Waals surface area contributed by atoms with Gasteiger partial charge in [-0.2, -0.15) is 0 Å². The summed E-state index contributed by atoms with van der Waals surface area (Å²) in [7, 11) is 1.52. The first-order chi connectivity index (χ1) is 7.23. The Morgan fingerprint density at radius 2 is 2.00 bits per heavy atom. The van der Waals surface area contributed by atoms with Gasteiger partial charge in [0.25, 0.3) is 0 Å². The fourth-order valence-electron chi connectivity index (χ4n) is 1.60. The second kappa shape index (κ2) is 4.61. The number of aromatic nitrogens is 1. The summed E-state index contributed by atoms with van der Waals surface area (Å²) in [5.74, 6) is 0.514. The Balaban J connectivity index is 3.23. The number of amides is 1. The quantitative estimate of drug-likeness (QED) is 0.845. The molecule has 0 fully saturated rings. The van der Waals surface area contributed by atoms with Gasteiger partial charge in [-0.1, -0.05) is 0 Å². The molecule has 0 saturated heterocycles. The third-order valence-electron chi connectivity index (χ3n) is 2.53. The maximum absolute atomic E-state index is 10.8.